The monoisotopic (exact) mass is 680 g/mol. The second-order valence-corrected chi connectivity index (χ2v) is 16.8. The van der Waals surface area contributed by atoms with Gasteiger partial charge in [0, 0.05) is 11.3 Å². The molecule has 6 aliphatic rings. The second-order valence-electron chi connectivity index (χ2n) is 16.8. The summed E-state index contributed by atoms with van der Waals surface area (Å²) >= 11 is 0. The fraction of sp³-hybridized carbons (Fsp3) is 0.208. The topological polar surface area (TPSA) is 0 Å². The van der Waals surface area contributed by atoms with Crippen LogP contribution in [0.15, 0.2) is 182 Å². The number of hydrogen-bond acceptors (Lipinski definition) is 0. The average molecular weight is 681 g/mol. The highest BCUT2D eigenvalue weighted by molar-refractivity contribution is 5.92. The van der Waals surface area contributed by atoms with Gasteiger partial charge < -0.3 is 0 Å². The zero-order chi connectivity index (χ0) is 35.3. The Hall–Kier alpha value is -5.46. The highest BCUT2D eigenvalue weighted by Crippen LogP contribution is 2.59. The standard InChI is InChI=1S/C53H44/c1-53(2)50-21-10-9-18-44(50)45-27-26-38(31-51(45)53)37-25-24-35-28-34(22-23-36(35)29-37)33-12-11-13-39(30-33)48-32-49-42-16-4-3-14-40(42)41-15-5-7-19-46(41)52(49)47-20-8-6-17-43(47)48/h3-32,40-43,46-47,49,52H,1-2H3. The lowest BCUT2D eigenvalue weighted by Crippen LogP contribution is -2.50. The van der Waals surface area contributed by atoms with E-state index in [4.69, 9.17) is 0 Å². The molecule has 0 heteroatoms. The van der Waals surface area contributed by atoms with Crippen LogP contribution in [-0.4, -0.2) is 0 Å². The maximum Gasteiger partial charge on any atom is 0.0159 e. The van der Waals surface area contributed by atoms with E-state index < -0.39 is 0 Å². The highest BCUT2D eigenvalue weighted by atomic mass is 14.6. The molecule has 53 heavy (non-hydrogen) atoms. The van der Waals surface area contributed by atoms with E-state index in [-0.39, 0.29) is 5.41 Å². The van der Waals surface area contributed by atoms with Gasteiger partial charge in [-0.05, 0) is 132 Å². The van der Waals surface area contributed by atoms with Gasteiger partial charge in [-0.25, -0.2) is 0 Å². The van der Waals surface area contributed by atoms with Crippen LogP contribution in [0.1, 0.15) is 30.5 Å². The summed E-state index contributed by atoms with van der Waals surface area (Å²) in [6, 6.07) is 39.3. The number of allylic oxidation sites excluding steroid dienone is 14. The molecular formula is C53H44. The lowest BCUT2D eigenvalue weighted by atomic mass is 9.48. The Bertz CT molecular complexity index is 2540. The summed E-state index contributed by atoms with van der Waals surface area (Å²) in [7, 11) is 0. The first kappa shape index (κ1) is 31.1. The minimum absolute atomic E-state index is 0.00102. The van der Waals surface area contributed by atoms with Crippen LogP contribution in [0.2, 0.25) is 0 Å². The highest BCUT2D eigenvalue weighted by Gasteiger charge is 2.52. The molecule has 8 unspecified atom stereocenters. The average Bonchev–Trinajstić information content (AvgIpc) is 3.45. The fourth-order valence-corrected chi connectivity index (χ4v) is 11.3. The third-order valence-corrected chi connectivity index (χ3v) is 13.9. The van der Waals surface area contributed by atoms with Gasteiger partial charge in [0.1, 0.15) is 0 Å². The normalized spacial score (nSPS) is 29.1. The van der Waals surface area contributed by atoms with Crippen molar-refractivity contribution in [3.05, 3.63) is 199 Å². The van der Waals surface area contributed by atoms with E-state index in [1.807, 2.05) is 0 Å². The lowest BCUT2D eigenvalue weighted by Gasteiger charge is -2.55. The summed E-state index contributed by atoms with van der Waals surface area (Å²) in [5.74, 6) is 4.24. The summed E-state index contributed by atoms with van der Waals surface area (Å²) in [5, 5.41) is 2.56. The molecule has 0 bridgehead atoms. The number of fused-ring (bicyclic) bond motifs is 12. The summed E-state index contributed by atoms with van der Waals surface area (Å²) < 4.78 is 0. The molecule has 11 rings (SSSR count). The van der Waals surface area contributed by atoms with Gasteiger partial charge in [-0.2, -0.15) is 0 Å². The molecule has 1 saturated carbocycles. The van der Waals surface area contributed by atoms with E-state index in [1.165, 1.54) is 66.4 Å². The van der Waals surface area contributed by atoms with E-state index in [0.717, 1.165) is 0 Å². The molecule has 1 fully saturated rings. The first-order chi connectivity index (χ1) is 26.0. The minimum atomic E-state index is -0.00102. The molecule has 0 N–H and O–H groups in total. The third kappa shape index (κ3) is 4.74. The van der Waals surface area contributed by atoms with Crippen molar-refractivity contribution in [3.8, 4) is 33.4 Å². The van der Waals surface area contributed by atoms with Crippen molar-refractivity contribution in [2.24, 2.45) is 47.3 Å². The van der Waals surface area contributed by atoms with Crippen molar-refractivity contribution in [3.63, 3.8) is 0 Å². The maximum atomic E-state index is 2.71. The molecule has 8 atom stereocenters. The van der Waals surface area contributed by atoms with E-state index in [9.17, 15) is 0 Å². The Morgan fingerprint density at radius 1 is 0.396 bits per heavy atom. The largest absolute Gasteiger partial charge is 0.0805 e. The lowest BCUT2D eigenvalue weighted by molar-refractivity contribution is 0.0513. The van der Waals surface area contributed by atoms with Crippen LogP contribution < -0.4 is 0 Å². The summed E-state index contributed by atoms with van der Waals surface area (Å²) in [6.07, 6.45) is 31.5. The zero-order valence-corrected chi connectivity index (χ0v) is 30.4. The van der Waals surface area contributed by atoms with Crippen LogP contribution in [0, 0.1) is 47.3 Å². The number of hydrogen-bond donors (Lipinski definition) is 0. The maximum absolute atomic E-state index is 2.71. The van der Waals surface area contributed by atoms with Crippen LogP contribution in [-0.2, 0) is 5.41 Å². The Morgan fingerprint density at radius 3 is 1.70 bits per heavy atom. The quantitative estimate of drug-likeness (QED) is 0.178. The predicted molar refractivity (Wildman–Crippen MR) is 223 cm³/mol. The first-order valence-electron chi connectivity index (χ1n) is 19.7. The van der Waals surface area contributed by atoms with Crippen molar-refractivity contribution in [1.82, 2.24) is 0 Å². The van der Waals surface area contributed by atoms with Gasteiger partial charge in [0.2, 0.25) is 0 Å². The van der Waals surface area contributed by atoms with Crippen LogP contribution in [0.25, 0.3) is 49.7 Å². The Morgan fingerprint density at radius 2 is 0.943 bits per heavy atom. The van der Waals surface area contributed by atoms with Gasteiger partial charge in [0.15, 0.2) is 0 Å². The molecule has 0 aliphatic heterocycles. The Kier molecular flexibility index (Phi) is 6.91. The molecule has 5 aromatic rings. The van der Waals surface area contributed by atoms with Crippen molar-refractivity contribution in [2.45, 2.75) is 19.3 Å². The minimum Gasteiger partial charge on any atom is -0.0805 e. The molecule has 256 valence electrons. The molecule has 0 nitrogen and oxygen atoms in total. The van der Waals surface area contributed by atoms with Gasteiger partial charge in [-0.3, -0.25) is 0 Å². The zero-order valence-electron chi connectivity index (χ0n) is 30.4. The van der Waals surface area contributed by atoms with Crippen molar-refractivity contribution in [2.75, 3.05) is 0 Å². The van der Waals surface area contributed by atoms with Gasteiger partial charge in [-0.1, -0.05) is 172 Å². The molecule has 0 saturated heterocycles. The van der Waals surface area contributed by atoms with Crippen molar-refractivity contribution >= 4 is 16.3 Å². The van der Waals surface area contributed by atoms with Gasteiger partial charge in [-0.15, -0.1) is 0 Å². The third-order valence-electron chi connectivity index (χ3n) is 13.9. The number of benzene rings is 5. The predicted octanol–water partition coefficient (Wildman–Crippen LogP) is 13.2. The Balaban J connectivity index is 0.934. The van der Waals surface area contributed by atoms with Gasteiger partial charge in [0.25, 0.3) is 0 Å². The van der Waals surface area contributed by atoms with Crippen molar-refractivity contribution < 1.29 is 0 Å². The van der Waals surface area contributed by atoms with Gasteiger partial charge >= 0.3 is 0 Å². The molecule has 0 heterocycles. The first-order valence-corrected chi connectivity index (χ1v) is 19.7. The molecule has 5 aromatic carbocycles. The molecular weight excluding hydrogens is 637 g/mol. The van der Waals surface area contributed by atoms with Gasteiger partial charge in [0.05, 0.1) is 0 Å². The molecule has 0 amide bonds. The molecule has 6 aliphatic carbocycles. The fourth-order valence-electron chi connectivity index (χ4n) is 11.3. The smallest absolute Gasteiger partial charge is 0.0159 e. The van der Waals surface area contributed by atoms with Crippen LogP contribution in [0.3, 0.4) is 0 Å². The van der Waals surface area contributed by atoms with E-state index in [0.29, 0.717) is 47.3 Å². The number of rotatable bonds is 3. The molecule has 0 spiro atoms. The molecule has 0 aromatic heterocycles. The molecule has 0 radical (unpaired) electrons. The SMILES string of the molecule is CC1(C)c2ccccc2-c2ccc(-c3ccc4cc(-c5cccc(C6=CC7C8C=CC=CC8C8C=CC=CC8C7C7C=CC=CC67)c5)ccc4c3)cc21. The van der Waals surface area contributed by atoms with E-state index in [1.54, 1.807) is 0 Å². The second kappa shape index (κ2) is 11.8. The van der Waals surface area contributed by atoms with Crippen LogP contribution in [0.4, 0.5) is 0 Å². The Labute approximate surface area is 314 Å². The van der Waals surface area contributed by atoms with Crippen molar-refractivity contribution in [1.29, 1.82) is 0 Å². The van der Waals surface area contributed by atoms with Crippen LogP contribution in [0.5, 0.6) is 0 Å². The van der Waals surface area contributed by atoms with E-state index >= 15 is 0 Å². The van der Waals surface area contributed by atoms with Crippen LogP contribution >= 0.6 is 0 Å². The summed E-state index contributed by atoms with van der Waals surface area (Å²) in [6.45, 7) is 4.72. The van der Waals surface area contributed by atoms with E-state index in [2.05, 4.69) is 196 Å². The summed E-state index contributed by atoms with van der Waals surface area (Å²) in [5.41, 5.74) is 13.6. The summed E-state index contributed by atoms with van der Waals surface area (Å²) in [4.78, 5) is 0.